The maximum atomic E-state index is 12.9. The Labute approximate surface area is 168 Å². The minimum atomic E-state index is -0.424. The van der Waals surface area contributed by atoms with Crippen molar-refractivity contribution in [3.63, 3.8) is 0 Å². The van der Waals surface area contributed by atoms with Crippen LogP contribution in [0.2, 0.25) is 0 Å². The summed E-state index contributed by atoms with van der Waals surface area (Å²) in [5.74, 6) is -0.339. The Morgan fingerprint density at radius 1 is 1.03 bits per heavy atom. The second-order valence-corrected chi connectivity index (χ2v) is 6.37. The average molecular weight is 391 g/mol. The van der Waals surface area contributed by atoms with Crippen LogP contribution < -0.4 is 15.4 Å². The first kappa shape index (κ1) is 19.9. The number of imide groups is 1. The highest BCUT2D eigenvalue weighted by Crippen LogP contribution is 2.31. The molecule has 7 nitrogen and oxygen atoms in total. The lowest BCUT2D eigenvalue weighted by molar-refractivity contribution is -0.136. The first-order chi connectivity index (χ1) is 13.9. The van der Waals surface area contributed by atoms with Crippen molar-refractivity contribution in [1.82, 2.24) is 4.90 Å². The van der Waals surface area contributed by atoms with Gasteiger partial charge in [-0.05, 0) is 42.0 Å². The second kappa shape index (κ2) is 8.43. The molecule has 0 aliphatic carbocycles. The van der Waals surface area contributed by atoms with Crippen LogP contribution in [0, 0.1) is 0 Å². The van der Waals surface area contributed by atoms with Gasteiger partial charge in [0.05, 0.1) is 12.7 Å². The molecule has 0 spiro atoms. The molecule has 1 aliphatic rings. The monoisotopic (exact) mass is 391 g/mol. The number of ether oxygens (including phenoxy) is 1. The third kappa shape index (κ3) is 4.19. The molecule has 0 saturated carbocycles. The minimum absolute atomic E-state index is 0.110. The smallest absolute Gasteiger partial charge is 0.278 e. The molecule has 0 atom stereocenters. The van der Waals surface area contributed by atoms with Crippen LogP contribution in [0.4, 0.5) is 11.4 Å². The summed E-state index contributed by atoms with van der Waals surface area (Å²) in [6, 6.07) is 13.8. The lowest BCUT2D eigenvalue weighted by atomic mass is 10.0. The second-order valence-electron chi connectivity index (χ2n) is 6.37. The van der Waals surface area contributed by atoms with Gasteiger partial charge < -0.3 is 15.4 Å². The number of hydrogen-bond donors (Lipinski definition) is 2. The van der Waals surface area contributed by atoms with Gasteiger partial charge in [0.25, 0.3) is 11.8 Å². The predicted octanol–water partition coefficient (Wildman–Crippen LogP) is 3.03. The van der Waals surface area contributed by atoms with Crippen molar-refractivity contribution in [2.45, 2.75) is 6.92 Å². The van der Waals surface area contributed by atoms with Crippen LogP contribution >= 0.6 is 0 Å². The highest BCUT2D eigenvalue weighted by Gasteiger charge is 2.38. The molecule has 1 aliphatic heterocycles. The SMILES string of the molecule is C=CCN1C(=O)C(Nc2ccc(OC)cc2)=C(c2ccc(NC(C)=O)cc2)C1=O. The largest absolute Gasteiger partial charge is 0.497 e. The summed E-state index contributed by atoms with van der Waals surface area (Å²) in [7, 11) is 1.57. The van der Waals surface area contributed by atoms with Crippen molar-refractivity contribution in [3.8, 4) is 5.75 Å². The van der Waals surface area contributed by atoms with E-state index in [1.54, 1.807) is 55.6 Å². The quantitative estimate of drug-likeness (QED) is 0.560. The van der Waals surface area contributed by atoms with E-state index in [2.05, 4.69) is 17.2 Å². The van der Waals surface area contributed by atoms with E-state index in [-0.39, 0.29) is 23.7 Å². The summed E-state index contributed by atoms with van der Waals surface area (Å²) in [6.07, 6.45) is 1.50. The number of hydrogen-bond acceptors (Lipinski definition) is 5. The molecule has 0 unspecified atom stereocenters. The molecule has 0 bridgehead atoms. The van der Waals surface area contributed by atoms with E-state index in [0.29, 0.717) is 22.7 Å². The van der Waals surface area contributed by atoms with Crippen molar-refractivity contribution < 1.29 is 19.1 Å². The van der Waals surface area contributed by atoms with Crippen molar-refractivity contribution in [1.29, 1.82) is 0 Å². The lowest BCUT2D eigenvalue weighted by Gasteiger charge is -2.12. The Kier molecular flexibility index (Phi) is 5.78. The average Bonchev–Trinajstić information content (AvgIpc) is 2.93. The van der Waals surface area contributed by atoms with Gasteiger partial charge in [-0.3, -0.25) is 19.3 Å². The number of benzene rings is 2. The molecular formula is C22H21N3O4. The van der Waals surface area contributed by atoms with E-state index in [1.807, 2.05) is 0 Å². The summed E-state index contributed by atoms with van der Waals surface area (Å²) >= 11 is 0. The van der Waals surface area contributed by atoms with Crippen LogP contribution in [-0.2, 0) is 14.4 Å². The van der Waals surface area contributed by atoms with E-state index in [9.17, 15) is 14.4 Å². The molecule has 0 aromatic heterocycles. The Hall–Kier alpha value is -3.87. The van der Waals surface area contributed by atoms with Crippen LogP contribution in [-0.4, -0.2) is 36.3 Å². The minimum Gasteiger partial charge on any atom is -0.497 e. The molecule has 0 fully saturated rings. The maximum absolute atomic E-state index is 12.9. The van der Waals surface area contributed by atoms with Crippen molar-refractivity contribution in [3.05, 3.63) is 72.4 Å². The van der Waals surface area contributed by atoms with E-state index in [4.69, 9.17) is 4.74 Å². The number of anilines is 2. The number of carbonyl (C=O) groups is 3. The zero-order chi connectivity index (χ0) is 21.0. The van der Waals surface area contributed by atoms with E-state index in [0.717, 1.165) is 4.90 Å². The molecule has 29 heavy (non-hydrogen) atoms. The van der Waals surface area contributed by atoms with Crippen molar-refractivity contribution in [2.24, 2.45) is 0 Å². The lowest BCUT2D eigenvalue weighted by Crippen LogP contribution is -2.32. The highest BCUT2D eigenvalue weighted by molar-refractivity contribution is 6.36. The van der Waals surface area contributed by atoms with E-state index in [1.165, 1.54) is 13.0 Å². The number of nitrogens with one attached hydrogen (secondary N) is 2. The third-order valence-corrected chi connectivity index (χ3v) is 4.33. The summed E-state index contributed by atoms with van der Waals surface area (Å²) in [5.41, 5.74) is 2.28. The Bertz CT molecular complexity index is 992. The van der Waals surface area contributed by atoms with Crippen LogP contribution in [0.5, 0.6) is 5.75 Å². The molecule has 2 N–H and O–H groups in total. The number of nitrogens with zero attached hydrogens (tertiary/aromatic N) is 1. The Morgan fingerprint density at radius 2 is 1.66 bits per heavy atom. The number of methoxy groups -OCH3 is 1. The zero-order valence-corrected chi connectivity index (χ0v) is 16.2. The molecule has 0 radical (unpaired) electrons. The van der Waals surface area contributed by atoms with Crippen molar-refractivity contribution in [2.75, 3.05) is 24.3 Å². The Balaban J connectivity index is 2.00. The molecule has 7 heteroatoms. The number of rotatable bonds is 7. The highest BCUT2D eigenvalue weighted by atomic mass is 16.5. The molecular weight excluding hydrogens is 370 g/mol. The molecule has 2 aromatic carbocycles. The number of amides is 3. The fourth-order valence-corrected chi connectivity index (χ4v) is 3.00. The summed E-state index contributed by atoms with van der Waals surface area (Å²) in [4.78, 5) is 38.2. The molecule has 2 aromatic rings. The first-order valence-electron chi connectivity index (χ1n) is 8.95. The molecule has 148 valence electrons. The van der Waals surface area contributed by atoms with Gasteiger partial charge in [0.15, 0.2) is 0 Å². The van der Waals surface area contributed by atoms with Crippen LogP contribution in [0.25, 0.3) is 5.57 Å². The fraction of sp³-hybridized carbons (Fsp3) is 0.136. The van der Waals surface area contributed by atoms with Crippen molar-refractivity contribution >= 4 is 34.7 Å². The van der Waals surface area contributed by atoms with Gasteiger partial charge in [-0.2, -0.15) is 0 Å². The summed E-state index contributed by atoms with van der Waals surface area (Å²) in [5, 5.41) is 5.74. The maximum Gasteiger partial charge on any atom is 0.278 e. The molecule has 1 heterocycles. The zero-order valence-electron chi connectivity index (χ0n) is 16.2. The first-order valence-corrected chi connectivity index (χ1v) is 8.95. The topological polar surface area (TPSA) is 87.7 Å². The molecule has 0 saturated heterocycles. The van der Waals surface area contributed by atoms with Gasteiger partial charge in [0.2, 0.25) is 5.91 Å². The van der Waals surface area contributed by atoms with Gasteiger partial charge in [-0.1, -0.05) is 18.2 Å². The van der Waals surface area contributed by atoms with Gasteiger partial charge in [-0.15, -0.1) is 6.58 Å². The third-order valence-electron chi connectivity index (χ3n) is 4.33. The molecule has 3 rings (SSSR count). The van der Waals surface area contributed by atoms with Crippen LogP contribution in [0.1, 0.15) is 12.5 Å². The summed E-state index contributed by atoms with van der Waals surface area (Å²) in [6.45, 7) is 5.15. The fourth-order valence-electron chi connectivity index (χ4n) is 3.00. The Morgan fingerprint density at radius 3 is 2.21 bits per heavy atom. The standard InChI is InChI=1S/C22H21N3O4/c1-4-13-25-21(27)19(15-5-7-16(8-6-15)23-14(2)26)20(22(25)28)24-17-9-11-18(29-3)12-10-17/h4-12,24H,1,13H2,2-3H3,(H,23,26). The van der Waals surface area contributed by atoms with E-state index < -0.39 is 11.8 Å². The normalized spacial score (nSPS) is 13.5. The van der Waals surface area contributed by atoms with Gasteiger partial charge in [-0.25, -0.2) is 0 Å². The summed E-state index contributed by atoms with van der Waals surface area (Å²) < 4.78 is 5.15. The number of carbonyl (C=O) groups excluding carboxylic acids is 3. The molecule has 3 amide bonds. The van der Waals surface area contributed by atoms with Gasteiger partial charge in [0, 0.05) is 24.8 Å². The van der Waals surface area contributed by atoms with Crippen LogP contribution in [0.3, 0.4) is 0 Å². The van der Waals surface area contributed by atoms with Gasteiger partial charge >= 0.3 is 0 Å². The van der Waals surface area contributed by atoms with E-state index >= 15 is 0 Å². The van der Waals surface area contributed by atoms with Crippen LogP contribution in [0.15, 0.2) is 66.9 Å². The predicted molar refractivity (Wildman–Crippen MR) is 111 cm³/mol. The van der Waals surface area contributed by atoms with Gasteiger partial charge in [0.1, 0.15) is 11.4 Å².